The van der Waals surface area contributed by atoms with E-state index in [-0.39, 0.29) is 0 Å². The molecule has 0 fully saturated rings. The van der Waals surface area contributed by atoms with Crippen molar-refractivity contribution in [1.29, 1.82) is 0 Å². The minimum atomic E-state index is 1.06. The molecule has 0 spiro atoms. The number of hydrogen-bond donors (Lipinski definition) is 0. The Morgan fingerprint density at radius 3 is 2.25 bits per heavy atom. The molecule has 0 aliphatic heterocycles. The molecule has 0 amide bonds. The summed E-state index contributed by atoms with van der Waals surface area (Å²) in [5, 5.41) is 0. The van der Waals surface area contributed by atoms with Crippen molar-refractivity contribution in [2.75, 3.05) is 0 Å². The first-order valence-electron chi connectivity index (χ1n) is 4.37. The average Bonchev–Trinajstić information content (AvgIpc) is 2.03. The van der Waals surface area contributed by atoms with E-state index in [1.807, 2.05) is 0 Å². The maximum Gasteiger partial charge on any atom is -0.00950 e. The molecule has 0 nitrogen and oxygen atoms in total. The molecule has 0 atom stereocenters. The van der Waals surface area contributed by atoms with Gasteiger partial charge in [0, 0.05) is 0 Å². The zero-order chi connectivity index (χ0) is 8.97. The van der Waals surface area contributed by atoms with Gasteiger partial charge < -0.3 is 0 Å². The molecule has 1 rings (SSSR count). The van der Waals surface area contributed by atoms with Gasteiger partial charge in [0.2, 0.25) is 0 Å². The fourth-order valence-corrected chi connectivity index (χ4v) is 1.05. The van der Waals surface area contributed by atoms with E-state index in [0.717, 1.165) is 6.42 Å². The lowest BCUT2D eigenvalue weighted by Crippen LogP contribution is -1.81. The molecule has 1 aromatic carbocycles. The van der Waals surface area contributed by atoms with Crippen molar-refractivity contribution in [3.63, 3.8) is 0 Å². The molecule has 0 bridgehead atoms. The van der Waals surface area contributed by atoms with Crippen LogP contribution >= 0.6 is 0 Å². The Morgan fingerprint density at radius 2 is 1.75 bits per heavy atom. The summed E-state index contributed by atoms with van der Waals surface area (Å²) in [5.74, 6) is 0. The predicted molar refractivity (Wildman–Crippen MR) is 54.3 cm³/mol. The van der Waals surface area contributed by atoms with Crippen LogP contribution in [0.1, 0.15) is 25.0 Å². The lowest BCUT2D eigenvalue weighted by Gasteiger charge is -1.97. The minimum Gasteiger partial charge on any atom is -0.0815 e. The van der Waals surface area contributed by atoms with E-state index >= 15 is 0 Å². The molecule has 0 unspecified atom stereocenters. The van der Waals surface area contributed by atoms with Crippen molar-refractivity contribution in [1.82, 2.24) is 0 Å². The maximum atomic E-state index is 2.25. The normalized spacial score (nSPS) is 9.58. The highest BCUT2D eigenvalue weighted by molar-refractivity contribution is 5.23. The summed E-state index contributed by atoms with van der Waals surface area (Å²) in [4.78, 5) is 0. The van der Waals surface area contributed by atoms with Gasteiger partial charge in [0.05, 0.1) is 0 Å². The molecule has 0 aliphatic rings. The highest BCUT2D eigenvalue weighted by atomic mass is 13.9. The van der Waals surface area contributed by atoms with Gasteiger partial charge in [-0.25, -0.2) is 0 Å². The van der Waals surface area contributed by atoms with Gasteiger partial charge in [-0.3, -0.25) is 0 Å². The molecule has 0 saturated heterocycles. The number of benzene rings is 1. The molecule has 64 valence electrons. The molecule has 0 radical (unpaired) electrons. The summed E-state index contributed by atoms with van der Waals surface area (Å²) in [7, 11) is 0. The third-order valence-corrected chi connectivity index (χ3v) is 1.87. The van der Waals surface area contributed by atoms with Gasteiger partial charge in [-0.2, -0.15) is 0 Å². The largest absolute Gasteiger partial charge is 0.0815 e. The van der Waals surface area contributed by atoms with E-state index in [1.165, 1.54) is 16.7 Å². The van der Waals surface area contributed by atoms with E-state index in [1.54, 1.807) is 0 Å². The van der Waals surface area contributed by atoms with Crippen LogP contribution in [0.4, 0.5) is 0 Å². The van der Waals surface area contributed by atoms with Crippen LogP contribution < -0.4 is 0 Å². The average molecular weight is 160 g/mol. The Bertz CT molecular complexity index is 261. The van der Waals surface area contributed by atoms with Gasteiger partial charge >= 0.3 is 0 Å². The van der Waals surface area contributed by atoms with Gasteiger partial charge in [0.1, 0.15) is 0 Å². The molecule has 0 saturated carbocycles. The Balaban J connectivity index is 2.65. The number of hydrogen-bond acceptors (Lipinski definition) is 0. The Morgan fingerprint density at radius 1 is 1.17 bits per heavy atom. The van der Waals surface area contributed by atoms with Crippen LogP contribution in [-0.4, -0.2) is 0 Å². The van der Waals surface area contributed by atoms with E-state index in [4.69, 9.17) is 0 Å². The van der Waals surface area contributed by atoms with Gasteiger partial charge in [-0.1, -0.05) is 41.5 Å². The Labute approximate surface area is 74.9 Å². The van der Waals surface area contributed by atoms with Gasteiger partial charge in [0.15, 0.2) is 0 Å². The molecule has 0 aromatic heterocycles. The molecular weight excluding hydrogens is 144 g/mol. The van der Waals surface area contributed by atoms with E-state index in [2.05, 4.69) is 51.1 Å². The van der Waals surface area contributed by atoms with Crippen molar-refractivity contribution in [2.24, 2.45) is 0 Å². The second kappa shape index (κ2) is 4.10. The first kappa shape index (κ1) is 9.05. The van der Waals surface area contributed by atoms with Crippen molar-refractivity contribution in [3.8, 4) is 0 Å². The maximum absolute atomic E-state index is 2.25. The molecule has 0 N–H and O–H groups in total. The molecule has 0 aliphatic carbocycles. The number of rotatable bonds is 2. The smallest absolute Gasteiger partial charge is 0.00950 e. The lowest BCUT2D eigenvalue weighted by atomic mass is 10.1. The van der Waals surface area contributed by atoms with Crippen LogP contribution in [0.2, 0.25) is 0 Å². The quantitative estimate of drug-likeness (QED) is 0.581. The summed E-state index contributed by atoms with van der Waals surface area (Å²) in [6, 6.07) is 8.70. The Kier molecular flexibility index (Phi) is 3.09. The zero-order valence-corrected chi connectivity index (χ0v) is 8.09. The summed E-state index contributed by atoms with van der Waals surface area (Å²) in [6.07, 6.45) is 3.31. The molecule has 1 aromatic rings. The summed E-state index contributed by atoms with van der Waals surface area (Å²) in [6.45, 7) is 6.38. The third-order valence-electron chi connectivity index (χ3n) is 1.87. The van der Waals surface area contributed by atoms with Crippen LogP contribution in [0.5, 0.6) is 0 Å². The van der Waals surface area contributed by atoms with Crippen molar-refractivity contribution in [2.45, 2.75) is 27.2 Å². The standard InChI is InChI=1S/C12H16/c1-10(2)4-7-12-8-5-11(3)6-9-12/h4-6,8-9H,7H2,1-3H3. The molecule has 0 heteroatoms. The van der Waals surface area contributed by atoms with E-state index in [0.29, 0.717) is 0 Å². The van der Waals surface area contributed by atoms with Gasteiger partial charge in [0.25, 0.3) is 0 Å². The van der Waals surface area contributed by atoms with Crippen LogP contribution in [0, 0.1) is 6.92 Å². The predicted octanol–water partition coefficient (Wildman–Crippen LogP) is 3.50. The van der Waals surface area contributed by atoms with Gasteiger partial charge in [-0.05, 0) is 32.8 Å². The van der Waals surface area contributed by atoms with Crippen molar-refractivity contribution in [3.05, 3.63) is 47.0 Å². The molecule has 0 heterocycles. The second-order valence-corrected chi connectivity index (χ2v) is 3.47. The highest BCUT2D eigenvalue weighted by Gasteiger charge is 1.88. The highest BCUT2D eigenvalue weighted by Crippen LogP contribution is 2.05. The molecule has 12 heavy (non-hydrogen) atoms. The van der Waals surface area contributed by atoms with Crippen LogP contribution in [0.25, 0.3) is 0 Å². The summed E-state index contributed by atoms with van der Waals surface area (Å²) < 4.78 is 0. The first-order valence-corrected chi connectivity index (χ1v) is 4.37. The van der Waals surface area contributed by atoms with Crippen LogP contribution in [-0.2, 0) is 6.42 Å². The summed E-state index contributed by atoms with van der Waals surface area (Å²) in [5.41, 5.74) is 4.10. The van der Waals surface area contributed by atoms with Gasteiger partial charge in [-0.15, -0.1) is 0 Å². The minimum absolute atomic E-state index is 1.06. The lowest BCUT2D eigenvalue weighted by molar-refractivity contribution is 1.21. The van der Waals surface area contributed by atoms with Crippen LogP contribution in [0.15, 0.2) is 35.9 Å². The second-order valence-electron chi connectivity index (χ2n) is 3.47. The molecular formula is C12H16. The fraction of sp³-hybridized carbons (Fsp3) is 0.333. The van der Waals surface area contributed by atoms with E-state index < -0.39 is 0 Å². The summed E-state index contributed by atoms with van der Waals surface area (Å²) >= 11 is 0. The van der Waals surface area contributed by atoms with Crippen LogP contribution in [0.3, 0.4) is 0 Å². The van der Waals surface area contributed by atoms with Crippen molar-refractivity contribution >= 4 is 0 Å². The zero-order valence-electron chi connectivity index (χ0n) is 8.09. The van der Waals surface area contributed by atoms with Crippen molar-refractivity contribution < 1.29 is 0 Å². The number of allylic oxidation sites excluding steroid dienone is 2. The number of aryl methyl sites for hydroxylation is 1. The first-order chi connectivity index (χ1) is 5.68. The van der Waals surface area contributed by atoms with E-state index in [9.17, 15) is 0 Å². The third kappa shape index (κ3) is 2.91. The topological polar surface area (TPSA) is 0 Å². The monoisotopic (exact) mass is 160 g/mol. The SMILES string of the molecule is CC(C)=CCc1ccc(C)cc1. The Hall–Kier alpha value is -1.04. The fourth-order valence-electron chi connectivity index (χ4n) is 1.05.